The van der Waals surface area contributed by atoms with Gasteiger partial charge in [0.15, 0.2) is 0 Å². The maximum atomic E-state index is 13.5. The van der Waals surface area contributed by atoms with Gasteiger partial charge in [0.2, 0.25) is 0 Å². The lowest BCUT2D eigenvalue weighted by Gasteiger charge is -2.08. The Labute approximate surface area is 118 Å². The third-order valence-corrected chi connectivity index (χ3v) is 3.88. The van der Waals surface area contributed by atoms with Crippen LogP contribution in [-0.4, -0.2) is 24.9 Å². The Morgan fingerprint density at radius 2 is 2.33 bits per heavy atom. The number of ether oxygens (including phenoxy) is 1. The molecule has 0 aliphatic rings. The van der Waals surface area contributed by atoms with Crippen molar-refractivity contribution in [3.05, 3.63) is 34.1 Å². The second kappa shape index (κ2) is 7.76. The van der Waals surface area contributed by atoms with E-state index in [4.69, 9.17) is 5.73 Å². The SMILES string of the molecule is COC(=O)C(N)CCSCc1ccc(Br)cc1F. The summed E-state index contributed by atoms with van der Waals surface area (Å²) in [5, 5.41) is 0. The largest absolute Gasteiger partial charge is 0.468 e. The van der Waals surface area contributed by atoms with E-state index in [0.717, 1.165) is 4.47 Å². The quantitative estimate of drug-likeness (QED) is 0.641. The van der Waals surface area contributed by atoms with Gasteiger partial charge in [0.05, 0.1) is 7.11 Å². The number of esters is 1. The van der Waals surface area contributed by atoms with Crippen LogP contribution >= 0.6 is 27.7 Å². The molecule has 0 saturated heterocycles. The van der Waals surface area contributed by atoms with Crippen LogP contribution in [0.3, 0.4) is 0 Å². The molecule has 0 spiro atoms. The Kier molecular flexibility index (Phi) is 6.67. The summed E-state index contributed by atoms with van der Waals surface area (Å²) in [4.78, 5) is 11.0. The lowest BCUT2D eigenvalue weighted by molar-refractivity contribution is -0.142. The molecule has 0 fully saturated rings. The summed E-state index contributed by atoms with van der Waals surface area (Å²) in [6.07, 6.45) is 0.523. The highest BCUT2D eigenvalue weighted by Gasteiger charge is 2.13. The summed E-state index contributed by atoms with van der Waals surface area (Å²) in [6.45, 7) is 0. The fourth-order valence-corrected chi connectivity index (χ4v) is 2.65. The highest BCUT2D eigenvalue weighted by molar-refractivity contribution is 9.10. The zero-order valence-corrected chi connectivity index (χ0v) is 12.4. The van der Waals surface area contributed by atoms with Crippen molar-refractivity contribution in [3.63, 3.8) is 0 Å². The minimum absolute atomic E-state index is 0.228. The molecule has 100 valence electrons. The standard InChI is InChI=1S/C12H15BrFNO2S/c1-17-12(16)11(15)4-5-18-7-8-2-3-9(13)6-10(8)14/h2-3,6,11H,4-5,7,15H2,1H3. The Hall–Kier alpha value is -0.590. The summed E-state index contributed by atoms with van der Waals surface area (Å²) < 4.78 is 18.7. The van der Waals surface area contributed by atoms with E-state index in [1.165, 1.54) is 24.9 Å². The van der Waals surface area contributed by atoms with Crippen LogP contribution in [-0.2, 0) is 15.3 Å². The number of carbonyl (C=O) groups is 1. The predicted octanol–water partition coefficient (Wildman–Crippen LogP) is 2.71. The highest BCUT2D eigenvalue weighted by Crippen LogP contribution is 2.20. The lowest BCUT2D eigenvalue weighted by Crippen LogP contribution is -2.31. The molecular weight excluding hydrogens is 321 g/mol. The van der Waals surface area contributed by atoms with E-state index in [-0.39, 0.29) is 5.82 Å². The van der Waals surface area contributed by atoms with Crippen molar-refractivity contribution in [1.29, 1.82) is 0 Å². The first-order valence-corrected chi connectivity index (χ1v) is 7.34. The van der Waals surface area contributed by atoms with E-state index in [9.17, 15) is 9.18 Å². The van der Waals surface area contributed by atoms with Crippen molar-refractivity contribution >= 4 is 33.7 Å². The minimum atomic E-state index is -0.600. The van der Waals surface area contributed by atoms with Crippen LogP contribution in [0.15, 0.2) is 22.7 Å². The van der Waals surface area contributed by atoms with Crippen LogP contribution in [0, 0.1) is 5.82 Å². The number of benzene rings is 1. The first-order chi connectivity index (χ1) is 8.54. The number of halogens is 2. The summed E-state index contributed by atoms with van der Waals surface area (Å²) in [7, 11) is 1.31. The van der Waals surface area contributed by atoms with Crippen molar-refractivity contribution < 1.29 is 13.9 Å². The second-order valence-electron chi connectivity index (χ2n) is 3.71. The highest BCUT2D eigenvalue weighted by atomic mass is 79.9. The summed E-state index contributed by atoms with van der Waals surface area (Å²) in [5.41, 5.74) is 6.24. The van der Waals surface area contributed by atoms with Crippen molar-refractivity contribution in [3.8, 4) is 0 Å². The zero-order valence-electron chi connectivity index (χ0n) is 9.99. The fourth-order valence-electron chi connectivity index (χ4n) is 1.30. The van der Waals surface area contributed by atoms with Crippen molar-refractivity contribution in [2.24, 2.45) is 5.73 Å². The van der Waals surface area contributed by atoms with Crippen molar-refractivity contribution in [1.82, 2.24) is 0 Å². The van der Waals surface area contributed by atoms with Gasteiger partial charge in [-0.05, 0) is 29.9 Å². The van der Waals surface area contributed by atoms with E-state index in [1.54, 1.807) is 12.1 Å². The van der Waals surface area contributed by atoms with E-state index in [0.29, 0.717) is 23.5 Å². The molecule has 0 aromatic heterocycles. The molecule has 1 aromatic carbocycles. The van der Waals surface area contributed by atoms with Gasteiger partial charge in [-0.1, -0.05) is 22.0 Å². The third-order valence-electron chi connectivity index (χ3n) is 2.35. The Morgan fingerprint density at radius 1 is 1.61 bits per heavy atom. The molecule has 0 bridgehead atoms. The molecule has 6 heteroatoms. The van der Waals surface area contributed by atoms with Gasteiger partial charge in [0, 0.05) is 10.2 Å². The molecule has 2 N–H and O–H groups in total. The molecule has 18 heavy (non-hydrogen) atoms. The average molecular weight is 336 g/mol. The van der Waals surface area contributed by atoms with Gasteiger partial charge < -0.3 is 10.5 Å². The molecule has 0 heterocycles. The maximum Gasteiger partial charge on any atom is 0.322 e. The normalized spacial score (nSPS) is 12.2. The molecule has 0 radical (unpaired) electrons. The van der Waals surface area contributed by atoms with Gasteiger partial charge in [-0.3, -0.25) is 4.79 Å². The Bertz CT molecular complexity index is 417. The number of carbonyl (C=O) groups excluding carboxylic acids is 1. The van der Waals surface area contributed by atoms with Gasteiger partial charge >= 0.3 is 5.97 Å². The van der Waals surface area contributed by atoms with Gasteiger partial charge in [-0.25, -0.2) is 4.39 Å². The first-order valence-electron chi connectivity index (χ1n) is 5.39. The predicted molar refractivity (Wildman–Crippen MR) is 74.9 cm³/mol. The van der Waals surface area contributed by atoms with Crippen molar-refractivity contribution in [2.75, 3.05) is 12.9 Å². The maximum absolute atomic E-state index is 13.5. The van der Waals surface area contributed by atoms with Crippen LogP contribution in [0.2, 0.25) is 0 Å². The summed E-state index contributed by atoms with van der Waals surface area (Å²) in [5.74, 6) is 0.609. The number of thioether (sulfide) groups is 1. The minimum Gasteiger partial charge on any atom is -0.468 e. The fraction of sp³-hybridized carbons (Fsp3) is 0.417. The van der Waals surface area contributed by atoms with Gasteiger partial charge in [0.25, 0.3) is 0 Å². The van der Waals surface area contributed by atoms with Crippen LogP contribution in [0.4, 0.5) is 4.39 Å². The first kappa shape index (κ1) is 15.5. The molecule has 0 amide bonds. The average Bonchev–Trinajstić information content (AvgIpc) is 2.35. The topological polar surface area (TPSA) is 52.3 Å². The molecule has 1 aromatic rings. The van der Waals surface area contributed by atoms with E-state index < -0.39 is 12.0 Å². The zero-order chi connectivity index (χ0) is 13.5. The number of rotatable bonds is 6. The lowest BCUT2D eigenvalue weighted by atomic mass is 10.2. The molecule has 1 atom stereocenters. The van der Waals surface area contributed by atoms with Crippen LogP contribution in [0.25, 0.3) is 0 Å². The molecule has 0 aliphatic heterocycles. The smallest absolute Gasteiger partial charge is 0.322 e. The van der Waals surface area contributed by atoms with Crippen LogP contribution < -0.4 is 5.73 Å². The van der Waals surface area contributed by atoms with Gasteiger partial charge in [-0.2, -0.15) is 11.8 Å². The van der Waals surface area contributed by atoms with E-state index in [1.807, 2.05) is 0 Å². The number of hydrogen-bond donors (Lipinski definition) is 1. The number of hydrogen-bond acceptors (Lipinski definition) is 4. The summed E-state index contributed by atoms with van der Waals surface area (Å²) in [6, 6.07) is 4.39. The van der Waals surface area contributed by atoms with E-state index >= 15 is 0 Å². The monoisotopic (exact) mass is 335 g/mol. The molecule has 0 aliphatic carbocycles. The Morgan fingerprint density at radius 3 is 2.94 bits per heavy atom. The second-order valence-corrected chi connectivity index (χ2v) is 5.73. The molecule has 3 nitrogen and oxygen atoms in total. The van der Waals surface area contributed by atoms with Crippen molar-refractivity contribution in [2.45, 2.75) is 18.2 Å². The third kappa shape index (κ3) is 4.96. The van der Waals surface area contributed by atoms with E-state index in [2.05, 4.69) is 20.7 Å². The van der Waals surface area contributed by atoms with Gasteiger partial charge in [0.1, 0.15) is 11.9 Å². The number of methoxy groups -OCH3 is 1. The molecule has 1 unspecified atom stereocenters. The van der Waals surface area contributed by atoms with Crippen LogP contribution in [0.5, 0.6) is 0 Å². The molecule has 1 rings (SSSR count). The summed E-state index contributed by atoms with van der Waals surface area (Å²) >= 11 is 4.75. The molecular formula is C12H15BrFNO2S. The Balaban J connectivity index is 2.32. The van der Waals surface area contributed by atoms with Gasteiger partial charge in [-0.15, -0.1) is 0 Å². The molecule has 0 saturated carbocycles. The number of nitrogens with two attached hydrogens (primary N) is 1. The van der Waals surface area contributed by atoms with Crippen LogP contribution in [0.1, 0.15) is 12.0 Å².